The molecule has 1 saturated heterocycles. The lowest BCUT2D eigenvalue weighted by Gasteiger charge is -2.56. The van der Waals surface area contributed by atoms with E-state index in [0.717, 1.165) is 31.5 Å². The summed E-state index contributed by atoms with van der Waals surface area (Å²) in [6.45, 7) is 2.15. The zero-order valence-electron chi connectivity index (χ0n) is 13.6. The number of rotatable bonds is 4. The van der Waals surface area contributed by atoms with Gasteiger partial charge in [0.2, 0.25) is 0 Å². The Bertz CT molecular complexity index is 570. The number of benzene rings is 1. The third kappa shape index (κ3) is 3.53. The molecule has 0 unspecified atom stereocenters. The van der Waals surface area contributed by atoms with Crippen LogP contribution in [-0.4, -0.2) is 48.8 Å². The molecule has 24 heavy (non-hydrogen) atoms. The van der Waals surface area contributed by atoms with Gasteiger partial charge in [-0.05, 0) is 43.6 Å². The SMILES string of the molecule is CO[C@@H]1C[C@H](O)C12CCN(Cc1cccc(OC(F)(F)F)c1)CC2. The van der Waals surface area contributed by atoms with Crippen LogP contribution in [0.15, 0.2) is 24.3 Å². The first-order valence-electron chi connectivity index (χ1n) is 8.10. The molecule has 2 fully saturated rings. The van der Waals surface area contributed by atoms with E-state index in [1.54, 1.807) is 19.2 Å². The van der Waals surface area contributed by atoms with Crippen molar-refractivity contribution in [3.8, 4) is 5.75 Å². The van der Waals surface area contributed by atoms with Gasteiger partial charge in [0.05, 0.1) is 12.2 Å². The maximum atomic E-state index is 12.3. The topological polar surface area (TPSA) is 41.9 Å². The Hall–Kier alpha value is -1.31. The fourth-order valence-corrected chi connectivity index (χ4v) is 3.94. The third-order valence-electron chi connectivity index (χ3n) is 5.35. The maximum absolute atomic E-state index is 12.3. The average molecular weight is 345 g/mol. The van der Waals surface area contributed by atoms with Gasteiger partial charge in [-0.3, -0.25) is 4.90 Å². The monoisotopic (exact) mass is 345 g/mol. The molecule has 7 heteroatoms. The van der Waals surface area contributed by atoms with Crippen LogP contribution < -0.4 is 4.74 Å². The molecule has 134 valence electrons. The molecular formula is C17H22F3NO3. The van der Waals surface area contributed by atoms with Gasteiger partial charge in [-0.2, -0.15) is 0 Å². The molecule has 1 heterocycles. The van der Waals surface area contributed by atoms with E-state index in [1.807, 2.05) is 0 Å². The quantitative estimate of drug-likeness (QED) is 0.911. The first-order chi connectivity index (χ1) is 11.3. The van der Waals surface area contributed by atoms with Gasteiger partial charge in [-0.15, -0.1) is 13.2 Å². The minimum atomic E-state index is -4.67. The number of methoxy groups -OCH3 is 1. The molecule has 0 aromatic heterocycles. The number of likely N-dealkylation sites (tertiary alicyclic amines) is 1. The molecule has 2 aliphatic rings. The predicted octanol–water partition coefficient (Wildman–Crippen LogP) is 2.95. The van der Waals surface area contributed by atoms with Crippen molar-refractivity contribution >= 4 is 0 Å². The van der Waals surface area contributed by atoms with Crippen LogP contribution >= 0.6 is 0 Å². The van der Waals surface area contributed by atoms with Gasteiger partial charge in [-0.1, -0.05) is 12.1 Å². The molecule has 1 N–H and O–H groups in total. The summed E-state index contributed by atoms with van der Waals surface area (Å²) in [5.41, 5.74) is 0.636. The number of nitrogens with zero attached hydrogens (tertiary/aromatic N) is 1. The molecule has 1 spiro atoms. The maximum Gasteiger partial charge on any atom is 0.573 e. The summed E-state index contributed by atoms with van der Waals surface area (Å²) in [5, 5.41) is 10.1. The van der Waals surface area contributed by atoms with E-state index in [9.17, 15) is 18.3 Å². The zero-order chi connectivity index (χ0) is 17.4. The van der Waals surface area contributed by atoms with Crippen molar-refractivity contribution in [3.05, 3.63) is 29.8 Å². The minimum Gasteiger partial charge on any atom is -0.406 e. The molecule has 1 saturated carbocycles. The first kappa shape index (κ1) is 17.5. The Morgan fingerprint density at radius 2 is 2.00 bits per heavy atom. The summed E-state index contributed by atoms with van der Waals surface area (Å²) in [7, 11) is 1.68. The number of hydrogen-bond acceptors (Lipinski definition) is 4. The van der Waals surface area contributed by atoms with Gasteiger partial charge in [-0.25, -0.2) is 0 Å². The Morgan fingerprint density at radius 3 is 2.58 bits per heavy atom. The van der Waals surface area contributed by atoms with Crippen molar-refractivity contribution < 1.29 is 27.8 Å². The smallest absolute Gasteiger partial charge is 0.406 e. The van der Waals surface area contributed by atoms with Crippen molar-refractivity contribution in [1.82, 2.24) is 4.90 Å². The van der Waals surface area contributed by atoms with Gasteiger partial charge in [0.1, 0.15) is 5.75 Å². The van der Waals surface area contributed by atoms with Gasteiger partial charge in [0.15, 0.2) is 0 Å². The van der Waals surface area contributed by atoms with Crippen molar-refractivity contribution in [2.24, 2.45) is 5.41 Å². The highest BCUT2D eigenvalue weighted by atomic mass is 19.4. The van der Waals surface area contributed by atoms with E-state index in [2.05, 4.69) is 9.64 Å². The van der Waals surface area contributed by atoms with E-state index in [4.69, 9.17) is 4.74 Å². The van der Waals surface area contributed by atoms with Gasteiger partial charge in [0.25, 0.3) is 0 Å². The lowest BCUT2D eigenvalue weighted by molar-refractivity contribution is -0.274. The highest BCUT2D eigenvalue weighted by Gasteiger charge is 2.55. The van der Waals surface area contributed by atoms with Crippen LogP contribution in [0.2, 0.25) is 0 Å². The van der Waals surface area contributed by atoms with Gasteiger partial charge in [0, 0.05) is 25.5 Å². The molecule has 0 bridgehead atoms. The van der Waals surface area contributed by atoms with Crippen LogP contribution in [0.1, 0.15) is 24.8 Å². The van der Waals surface area contributed by atoms with Crippen LogP contribution in [0.5, 0.6) is 5.75 Å². The Labute approximate surface area is 139 Å². The number of halogens is 3. The summed E-state index contributed by atoms with van der Waals surface area (Å²) >= 11 is 0. The molecular weight excluding hydrogens is 323 g/mol. The molecule has 1 aromatic carbocycles. The van der Waals surface area contributed by atoms with E-state index in [1.165, 1.54) is 12.1 Å². The predicted molar refractivity (Wildman–Crippen MR) is 81.5 cm³/mol. The largest absolute Gasteiger partial charge is 0.573 e. The van der Waals surface area contributed by atoms with Crippen LogP contribution in [0.4, 0.5) is 13.2 Å². The van der Waals surface area contributed by atoms with Crippen LogP contribution in [0.25, 0.3) is 0 Å². The molecule has 2 atom stereocenters. The summed E-state index contributed by atoms with van der Waals surface area (Å²) in [5.74, 6) is -0.192. The van der Waals surface area contributed by atoms with Gasteiger partial charge < -0.3 is 14.6 Å². The highest BCUT2D eigenvalue weighted by molar-refractivity contribution is 5.28. The third-order valence-corrected chi connectivity index (χ3v) is 5.35. The lowest BCUT2D eigenvalue weighted by atomic mass is 9.58. The number of piperidine rings is 1. The van der Waals surface area contributed by atoms with Crippen molar-refractivity contribution in [2.75, 3.05) is 20.2 Å². The second-order valence-electron chi connectivity index (χ2n) is 6.68. The fraction of sp³-hybridized carbons (Fsp3) is 0.647. The average Bonchev–Trinajstić information content (AvgIpc) is 2.52. The number of alkyl halides is 3. The van der Waals surface area contributed by atoms with Crippen LogP contribution in [0.3, 0.4) is 0 Å². The Kier molecular flexibility index (Phi) is 4.77. The summed E-state index contributed by atoms with van der Waals surface area (Å²) in [4.78, 5) is 2.19. The molecule has 4 nitrogen and oxygen atoms in total. The van der Waals surface area contributed by atoms with Crippen molar-refractivity contribution in [3.63, 3.8) is 0 Å². The second-order valence-corrected chi connectivity index (χ2v) is 6.68. The van der Waals surface area contributed by atoms with Gasteiger partial charge >= 0.3 is 6.36 Å². The summed E-state index contributed by atoms with van der Waals surface area (Å²) in [6.07, 6.45) is -2.51. The Morgan fingerprint density at radius 1 is 1.29 bits per heavy atom. The normalized spacial score (nSPS) is 27.0. The standard InChI is InChI=1S/C17H22F3NO3/c1-23-15-10-14(22)16(15)5-7-21(8-6-16)11-12-3-2-4-13(9-12)24-17(18,19)20/h2-4,9,14-15,22H,5-8,10-11H2,1H3/t14-,15+/m0/s1. The molecule has 0 amide bonds. The molecule has 1 aliphatic heterocycles. The molecule has 3 rings (SSSR count). The summed E-state index contributed by atoms with van der Waals surface area (Å²) in [6, 6.07) is 6.09. The highest BCUT2D eigenvalue weighted by Crippen LogP contribution is 2.50. The fourth-order valence-electron chi connectivity index (χ4n) is 3.94. The number of aliphatic hydroxyl groups is 1. The van der Waals surface area contributed by atoms with Crippen molar-refractivity contribution in [2.45, 2.75) is 44.4 Å². The van der Waals surface area contributed by atoms with E-state index in [-0.39, 0.29) is 23.4 Å². The first-order valence-corrected chi connectivity index (χ1v) is 8.10. The van der Waals surface area contributed by atoms with E-state index >= 15 is 0 Å². The van der Waals surface area contributed by atoms with Crippen LogP contribution in [-0.2, 0) is 11.3 Å². The Balaban J connectivity index is 1.58. The van der Waals surface area contributed by atoms with E-state index in [0.29, 0.717) is 13.0 Å². The zero-order valence-corrected chi connectivity index (χ0v) is 13.6. The molecule has 1 aliphatic carbocycles. The van der Waals surface area contributed by atoms with E-state index < -0.39 is 6.36 Å². The second kappa shape index (κ2) is 6.54. The lowest BCUT2D eigenvalue weighted by Crippen LogP contribution is -2.61. The number of hydrogen-bond donors (Lipinski definition) is 1. The molecule has 1 aromatic rings. The molecule has 0 radical (unpaired) electrons. The number of aliphatic hydroxyl groups excluding tert-OH is 1. The van der Waals surface area contributed by atoms with Crippen molar-refractivity contribution in [1.29, 1.82) is 0 Å². The minimum absolute atomic E-state index is 0.109. The number of ether oxygens (including phenoxy) is 2. The summed E-state index contributed by atoms with van der Waals surface area (Å²) < 4.78 is 46.3. The van der Waals surface area contributed by atoms with Crippen LogP contribution in [0, 0.1) is 5.41 Å².